The Morgan fingerprint density at radius 3 is 2.75 bits per heavy atom. The topological polar surface area (TPSA) is 86.3 Å². The second-order valence-corrected chi connectivity index (χ2v) is 5.82. The van der Waals surface area contributed by atoms with Crippen LogP contribution in [0.2, 0.25) is 0 Å². The molecule has 122 valence electrons. The van der Waals surface area contributed by atoms with E-state index < -0.39 is 6.04 Å². The molecule has 24 heavy (non-hydrogen) atoms. The molecule has 2 heterocycles. The molecule has 2 aromatic rings. The second kappa shape index (κ2) is 6.59. The highest BCUT2D eigenvalue weighted by Gasteiger charge is 2.33. The van der Waals surface area contributed by atoms with Crippen molar-refractivity contribution in [3.05, 3.63) is 59.0 Å². The molecule has 1 fully saturated rings. The summed E-state index contributed by atoms with van der Waals surface area (Å²) in [4.78, 5) is 26.3. The maximum Gasteiger partial charge on any atom is 0.287 e. The van der Waals surface area contributed by atoms with E-state index in [-0.39, 0.29) is 17.6 Å². The van der Waals surface area contributed by atoms with Crippen molar-refractivity contribution < 1.29 is 14.0 Å². The van der Waals surface area contributed by atoms with Gasteiger partial charge in [-0.05, 0) is 37.1 Å². The molecule has 0 saturated carbocycles. The van der Waals surface area contributed by atoms with Gasteiger partial charge in [-0.3, -0.25) is 9.59 Å². The Hall–Kier alpha value is -3.07. The van der Waals surface area contributed by atoms with Crippen molar-refractivity contribution in [1.29, 1.82) is 5.26 Å². The Morgan fingerprint density at radius 1 is 1.38 bits per heavy atom. The molecule has 1 unspecified atom stereocenters. The summed E-state index contributed by atoms with van der Waals surface area (Å²) in [5, 5.41) is 11.5. The van der Waals surface area contributed by atoms with Crippen LogP contribution in [-0.2, 0) is 11.3 Å². The number of carbonyl (C=O) groups excluding carboxylic acids is 2. The predicted molar refractivity (Wildman–Crippen MR) is 85.9 cm³/mol. The molecule has 6 heteroatoms. The van der Waals surface area contributed by atoms with Gasteiger partial charge in [0.25, 0.3) is 5.91 Å². The van der Waals surface area contributed by atoms with E-state index in [1.165, 1.54) is 6.26 Å². The Balaban J connectivity index is 1.61. The number of hydrogen-bond donors (Lipinski definition) is 1. The molecular weight excluding hydrogens is 306 g/mol. The van der Waals surface area contributed by atoms with Gasteiger partial charge in [0.05, 0.1) is 17.9 Å². The molecule has 0 aliphatic carbocycles. The van der Waals surface area contributed by atoms with E-state index in [1.54, 1.807) is 30.0 Å². The van der Waals surface area contributed by atoms with Crippen LogP contribution in [0, 0.1) is 18.3 Å². The van der Waals surface area contributed by atoms with E-state index in [0.29, 0.717) is 25.1 Å². The van der Waals surface area contributed by atoms with Gasteiger partial charge in [0, 0.05) is 18.7 Å². The quantitative estimate of drug-likeness (QED) is 0.932. The van der Waals surface area contributed by atoms with Crippen LogP contribution in [0.4, 0.5) is 0 Å². The smallest absolute Gasteiger partial charge is 0.287 e. The molecule has 1 aliphatic heterocycles. The van der Waals surface area contributed by atoms with E-state index in [9.17, 15) is 9.59 Å². The van der Waals surface area contributed by atoms with Gasteiger partial charge in [-0.2, -0.15) is 5.26 Å². The van der Waals surface area contributed by atoms with Gasteiger partial charge in [-0.15, -0.1) is 0 Å². The number of amides is 2. The molecule has 0 bridgehead atoms. The van der Waals surface area contributed by atoms with Gasteiger partial charge in [-0.25, -0.2) is 0 Å². The lowest BCUT2D eigenvalue weighted by molar-refractivity contribution is -0.129. The molecule has 6 nitrogen and oxygen atoms in total. The van der Waals surface area contributed by atoms with E-state index in [4.69, 9.17) is 9.68 Å². The third-order valence-electron chi connectivity index (χ3n) is 4.13. The zero-order chi connectivity index (χ0) is 17.1. The highest BCUT2D eigenvalue weighted by molar-refractivity contribution is 5.97. The van der Waals surface area contributed by atoms with Crippen molar-refractivity contribution >= 4 is 11.8 Å². The fraction of sp³-hybridized carbons (Fsp3) is 0.278. The van der Waals surface area contributed by atoms with Gasteiger partial charge in [0.2, 0.25) is 5.91 Å². The molecule has 1 aromatic carbocycles. The van der Waals surface area contributed by atoms with Crippen molar-refractivity contribution in [2.45, 2.75) is 25.9 Å². The molecule has 2 amide bonds. The Labute approximate surface area is 139 Å². The number of furan rings is 1. The average molecular weight is 323 g/mol. The second-order valence-electron chi connectivity index (χ2n) is 5.82. The zero-order valence-electron chi connectivity index (χ0n) is 13.3. The van der Waals surface area contributed by atoms with E-state index >= 15 is 0 Å². The van der Waals surface area contributed by atoms with Crippen molar-refractivity contribution in [2.24, 2.45) is 0 Å². The van der Waals surface area contributed by atoms with Crippen LogP contribution < -0.4 is 5.32 Å². The fourth-order valence-corrected chi connectivity index (χ4v) is 2.76. The largest absolute Gasteiger partial charge is 0.459 e. The summed E-state index contributed by atoms with van der Waals surface area (Å²) in [6.45, 7) is 2.84. The maximum absolute atomic E-state index is 12.5. The van der Waals surface area contributed by atoms with Crippen LogP contribution >= 0.6 is 0 Å². The number of nitrogens with one attached hydrogen (secondary N) is 1. The lowest BCUT2D eigenvalue weighted by Gasteiger charge is -2.17. The highest BCUT2D eigenvalue weighted by atomic mass is 16.3. The van der Waals surface area contributed by atoms with E-state index in [2.05, 4.69) is 11.4 Å². The minimum Gasteiger partial charge on any atom is -0.459 e. The minimum atomic E-state index is -0.527. The lowest BCUT2D eigenvalue weighted by atomic mass is 10.1. The number of benzene rings is 1. The highest BCUT2D eigenvalue weighted by Crippen LogP contribution is 2.17. The summed E-state index contributed by atoms with van der Waals surface area (Å²) < 4.78 is 5.15. The number of hydrogen-bond acceptors (Lipinski definition) is 4. The number of rotatable bonds is 4. The van der Waals surface area contributed by atoms with Crippen LogP contribution in [-0.4, -0.2) is 29.3 Å². The number of aryl methyl sites for hydroxylation is 1. The summed E-state index contributed by atoms with van der Waals surface area (Å²) in [5.41, 5.74) is 2.29. The number of nitriles is 1. The standard InChI is InChI=1S/C18H17N3O3/c1-12-7-9-24-16(12)17(22)20-15-6-8-21(18(15)23)11-14-4-2-13(10-19)3-5-14/h2-5,7,9,15H,6,8,11H2,1H3,(H,20,22). The van der Waals surface area contributed by atoms with Crippen LogP contribution in [0.3, 0.4) is 0 Å². The van der Waals surface area contributed by atoms with Crippen LogP contribution in [0.5, 0.6) is 0 Å². The summed E-state index contributed by atoms with van der Waals surface area (Å²) in [6, 6.07) is 10.4. The SMILES string of the molecule is Cc1ccoc1C(=O)NC1CCN(Cc2ccc(C#N)cc2)C1=O. The number of carbonyl (C=O) groups is 2. The Bertz CT molecular complexity index is 802. The molecule has 1 atom stereocenters. The van der Waals surface area contributed by atoms with E-state index in [1.807, 2.05) is 12.1 Å². The normalized spacial score (nSPS) is 16.9. The summed E-state index contributed by atoms with van der Waals surface area (Å²) >= 11 is 0. The van der Waals surface area contributed by atoms with E-state index in [0.717, 1.165) is 11.1 Å². The van der Waals surface area contributed by atoms with Crippen LogP contribution in [0.15, 0.2) is 41.0 Å². The molecule has 1 N–H and O–H groups in total. The molecular formula is C18H17N3O3. The minimum absolute atomic E-state index is 0.100. The molecule has 3 rings (SSSR count). The van der Waals surface area contributed by atoms with Gasteiger partial charge in [-0.1, -0.05) is 12.1 Å². The van der Waals surface area contributed by atoms with Crippen molar-refractivity contribution in [2.75, 3.05) is 6.54 Å². The monoisotopic (exact) mass is 323 g/mol. The first-order valence-corrected chi connectivity index (χ1v) is 7.71. The first-order valence-electron chi connectivity index (χ1n) is 7.71. The van der Waals surface area contributed by atoms with Crippen LogP contribution in [0.25, 0.3) is 0 Å². The first-order chi connectivity index (χ1) is 11.6. The number of nitrogens with zero attached hydrogens (tertiary/aromatic N) is 2. The maximum atomic E-state index is 12.5. The molecule has 0 radical (unpaired) electrons. The van der Waals surface area contributed by atoms with Crippen molar-refractivity contribution in [3.8, 4) is 6.07 Å². The molecule has 1 saturated heterocycles. The van der Waals surface area contributed by atoms with Gasteiger partial charge in [0.1, 0.15) is 6.04 Å². The molecule has 1 aromatic heterocycles. The van der Waals surface area contributed by atoms with Crippen LogP contribution in [0.1, 0.15) is 33.7 Å². The molecule has 1 aliphatic rings. The lowest BCUT2D eigenvalue weighted by Crippen LogP contribution is -2.41. The average Bonchev–Trinajstić information content (AvgIpc) is 3.16. The van der Waals surface area contributed by atoms with Gasteiger partial charge in [0.15, 0.2) is 5.76 Å². The number of likely N-dealkylation sites (tertiary alicyclic amines) is 1. The summed E-state index contributed by atoms with van der Waals surface area (Å²) in [5.74, 6) is -0.221. The summed E-state index contributed by atoms with van der Waals surface area (Å²) in [6.07, 6.45) is 2.03. The van der Waals surface area contributed by atoms with Crippen molar-refractivity contribution in [1.82, 2.24) is 10.2 Å². The van der Waals surface area contributed by atoms with Gasteiger partial charge < -0.3 is 14.6 Å². The first kappa shape index (κ1) is 15.8. The Kier molecular flexibility index (Phi) is 4.34. The third kappa shape index (κ3) is 3.15. The zero-order valence-corrected chi connectivity index (χ0v) is 13.3. The third-order valence-corrected chi connectivity index (χ3v) is 4.13. The fourth-order valence-electron chi connectivity index (χ4n) is 2.76. The Morgan fingerprint density at radius 2 is 2.12 bits per heavy atom. The van der Waals surface area contributed by atoms with Gasteiger partial charge >= 0.3 is 0 Å². The summed E-state index contributed by atoms with van der Waals surface area (Å²) in [7, 11) is 0. The predicted octanol–water partition coefficient (Wildman–Crippen LogP) is 1.99. The molecule has 0 spiro atoms. The van der Waals surface area contributed by atoms with Crippen molar-refractivity contribution in [3.63, 3.8) is 0 Å².